The maximum atomic E-state index is 13.1. The van der Waals surface area contributed by atoms with Crippen molar-refractivity contribution >= 4 is 5.78 Å². The summed E-state index contributed by atoms with van der Waals surface area (Å²) < 4.78 is 30.6. The molecule has 0 bridgehead atoms. The Morgan fingerprint density at radius 3 is 2.29 bits per heavy atom. The van der Waals surface area contributed by atoms with Crippen molar-refractivity contribution in [1.82, 2.24) is 0 Å². The Morgan fingerprint density at radius 1 is 1.43 bits per heavy atom. The second-order valence-electron chi connectivity index (χ2n) is 2.54. The van der Waals surface area contributed by atoms with Crippen LogP contribution in [-0.2, 0) is 0 Å². The van der Waals surface area contributed by atoms with Crippen molar-refractivity contribution < 1.29 is 18.3 Å². The van der Waals surface area contributed by atoms with E-state index in [1.54, 1.807) is 0 Å². The Morgan fingerprint density at radius 2 is 1.93 bits per heavy atom. The Balaban J connectivity index is 3.27. The fourth-order valence-corrected chi connectivity index (χ4v) is 1.02. The molecule has 14 heavy (non-hydrogen) atoms. The normalized spacial score (nSPS) is 9.64. The van der Waals surface area contributed by atoms with Crippen LogP contribution in [0.1, 0.15) is 10.4 Å². The number of benzene rings is 1. The fourth-order valence-electron chi connectivity index (χ4n) is 1.02. The fraction of sp³-hybridized carbons (Fsp3) is 0.100. The van der Waals surface area contributed by atoms with Crippen LogP contribution in [0.5, 0.6) is 5.75 Å². The molecule has 0 saturated heterocycles. The third-order valence-electron chi connectivity index (χ3n) is 1.67. The molecule has 1 aromatic carbocycles. The van der Waals surface area contributed by atoms with E-state index in [-0.39, 0.29) is 5.56 Å². The topological polar surface area (TPSA) is 26.3 Å². The van der Waals surface area contributed by atoms with Crippen molar-refractivity contribution in [2.24, 2.45) is 0 Å². The number of hydrogen-bond donors (Lipinski definition) is 0. The molecule has 0 spiro atoms. The van der Waals surface area contributed by atoms with Crippen LogP contribution in [0.15, 0.2) is 24.8 Å². The molecule has 0 amide bonds. The number of carbonyl (C=O) groups is 1. The molecule has 0 aromatic heterocycles. The molecule has 0 N–H and O–H groups in total. The zero-order chi connectivity index (χ0) is 10.7. The van der Waals surface area contributed by atoms with Crippen molar-refractivity contribution in [2.75, 3.05) is 7.11 Å². The first-order valence-electron chi connectivity index (χ1n) is 3.80. The van der Waals surface area contributed by atoms with E-state index in [1.807, 2.05) is 0 Å². The van der Waals surface area contributed by atoms with Gasteiger partial charge in [0.25, 0.3) is 0 Å². The summed E-state index contributed by atoms with van der Waals surface area (Å²) in [7, 11) is 1.15. The number of allylic oxidation sites excluding steroid dienone is 1. The Hall–Kier alpha value is -1.71. The van der Waals surface area contributed by atoms with E-state index in [0.29, 0.717) is 0 Å². The first-order chi connectivity index (χ1) is 6.60. The molecule has 2 nitrogen and oxygen atoms in total. The average molecular weight is 198 g/mol. The van der Waals surface area contributed by atoms with E-state index < -0.39 is 23.2 Å². The minimum absolute atomic E-state index is 0.0872. The van der Waals surface area contributed by atoms with Crippen LogP contribution in [0.3, 0.4) is 0 Å². The van der Waals surface area contributed by atoms with Gasteiger partial charge in [-0.3, -0.25) is 4.79 Å². The largest absolute Gasteiger partial charge is 0.491 e. The van der Waals surface area contributed by atoms with Gasteiger partial charge in [0.05, 0.1) is 7.11 Å². The highest BCUT2D eigenvalue weighted by Gasteiger charge is 2.13. The van der Waals surface area contributed by atoms with Gasteiger partial charge in [0.1, 0.15) is 0 Å². The van der Waals surface area contributed by atoms with Gasteiger partial charge in [0.2, 0.25) is 0 Å². The summed E-state index contributed by atoms with van der Waals surface area (Å²) in [5.74, 6) is -2.84. The van der Waals surface area contributed by atoms with Gasteiger partial charge in [-0.25, -0.2) is 8.78 Å². The number of rotatable bonds is 3. The summed E-state index contributed by atoms with van der Waals surface area (Å²) in [6.45, 7) is 3.21. The Bertz CT molecular complexity index is 363. The van der Waals surface area contributed by atoms with E-state index in [9.17, 15) is 13.6 Å². The number of ketones is 1. The maximum Gasteiger partial charge on any atom is 0.190 e. The lowest BCUT2D eigenvalue weighted by molar-refractivity contribution is 0.104. The molecule has 4 heteroatoms. The predicted octanol–water partition coefficient (Wildman–Crippen LogP) is 2.34. The SMILES string of the molecule is C=CC(=O)c1cc(F)c(OC)c(F)c1. The van der Waals surface area contributed by atoms with Gasteiger partial charge >= 0.3 is 0 Å². The lowest BCUT2D eigenvalue weighted by Crippen LogP contribution is -1.99. The molecule has 0 aliphatic heterocycles. The van der Waals surface area contributed by atoms with Crippen LogP contribution in [0, 0.1) is 11.6 Å². The van der Waals surface area contributed by atoms with Crippen LogP contribution in [0.2, 0.25) is 0 Å². The van der Waals surface area contributed by atoms with Crippen molar-refractivity contribution in [3.63, 3.8) is 0 Å². The van der Waals surface area contributed by atoms with Gasteiger partial charge in [-0.05, 0) is 18.2 Å². The smallest absolute Gasteiger partial charge is 0.190 e. The van der Waals surface area contributed by atoms with Crippen LogP contribution >= 0.6 is 0 Å². The van der Waals surface area contributed by atoms with Crippen LogP contribution < -0.4 is 4.74 Å². The summed E-state index contributed by atoms with van der Waals surface area (Å²) >= 11 is 0. The van der Waals surface area contributed by atoms with E-state index in [1.165, 1.54) is 0 Å². The van der Waals surface area contributed by atoms with Gasteiger partial charge in [-0.2, -0.15) is 0 Å². The van der Waals surface area contributed by atoms with E-state index in [2.05, 4.69) is 11.3 Å². The molecular formula is C10H8F2O2. The molecule has 74 valence electrons. The molecule has 0 saturated carbocycles. The summed E-state index contributed by atoms with van der Waals surface area (Å²) in [6.07, 6.45) is 0.987. The first-order valence-corrected chi connectivity index (χ1v) is 3.80. The van der Waals surface area contributed by atoms with E-state index in [0.717, 1.165) is 25.3 Å². The molecular weight excluding hydrogens is 190 g/mol. The summed E-state index contributed by atoms with van der Waals surface area (Å²) in [5, 5.41) is 0. The first kappa shape index (κ1) is 10.4. The van der Waals surface area contributed by atoms with Crippen molar-refractivity contribution in [1.29, 1.82) is 0 Å². The highest BCUT2D eigenvalue weighted by atomic mass is 19.1. The molecule has 1 aromatic rings. The Kier molecular flexibility index (Phi) is 2.96. The van der Waals surface area contributed by atoms with Crippen molar-refractivity contribution in [2.45, 2.75) is 0 Å². The van der Waals surface area contributed by atoms with Crippen LogP contribution in [0.25, 0.3) is 0 Å². The molecule has 0 heterocycles. The molecule has 0 radical (unpaired) electrons. The van der Waals surface area contributed by atoms with Crippen molar-refractivity contribution in [3.05, 3.63) is 42.0 Å². The van der Waals surface area contributed by atoms with Crippen molar-refractivity contribution in [3.8, 4) is 5.75 Å². The minimum atomic E-state index is -0.905. The summed E-state index contributed by atoms with van der Waals surface area (Å²) in [5.41, 5.74) is -0.0872. The molecule has 1 rings (SSSR count). The second-order valence-corrected chi connectivity index (χ2v) is 2.54. The van der Waals surface area contributed by atoms with Gasteiger partial charge in [0, 0.05) is 5.56 Å². The number of ether oxygens (including phenoxy) is 1. The zero-order valence-electron chi connectivity index (χ0n) is 7.51. The molecule has 0 atom stereocenters. The molecule has 0 fully saturated rings. The lowest BCUT2D eigenvalue weighted by Gasteiger charge is -2.04. The summed E-state index contributed by atoms with van der Waals surface area (Å²) in [6, 6.07) is 1.82. The van der Waals surface area contributed by atoms with Gasteiger partial charge in [-0.15, -0.1) is 0 Å². The standard InChI is InChI=1S/C10H8F2O2/c1-3-9(13)6-4-7(11)10(14-2)8(12)5-6/h3-5H,1H2,2H3. The minimum Gasteiger partial charge on any atom is -0.491 e. The third-order valence-corrected chi connectivity index (χ3v) is 1.67. The average Bonchev–Trinajstić information content (AvgIpc) is 2.16. The zero-order valence-corrected chi connectivity index (χ0v) is 7.51. The third kappa shape index (κ3) is 1.79. The molecule has 0 unspecified atom stereocenters. The summed E-state index contributed by atoms with van der Waals surface area (Å²) in [4.78, 5) is 11.0. The van der Waals surface area contributed by atoms with E-state index >= 15 is 0 Å². The molecule has 0 aliphatic carbocycles. The maximum absolute atomic E-state index is 13.1. The van der Waals surface area contributed by atoms with Gasteiger partial charge < -0.3 is 4.74 Å². The van der Waals surface area contributed by atoms with Gasteiger partial charge in [-0.1, -0.05) is 6.58 Å². The molecule has 0 aliphatic rings. The quantitative estimate of drug-likeness (QED) is 0.550. The second kappa shape index (κ2) is 4.00. The van der Waals surface area contributed by atoms with Gasteiger partial charge in [0.15, 0.2) is 23.2 Å². The number of carbonyl (C=O) groups excluding carboxylic acids is 1. The number of methoxy groups -OCH3 is 1. The monoisotopic (exact) mass is 198 g/mol. The highest BCUT2D eigenvalue weighted by Crippen LogP contribution is 2.22. The number of halogens is 2. The lowest BCUT2D eigenvalue weighted by atomic mass is 10.1. The van der Waals surface area contributed by atoms with E-state index in [4.69, 9.17) is 0 Å². The van der Waals surface area contributed by atoms with Crippen LogP contribution in [-0.4, -0.2) is 12.9 Å². The number of hydrogen-bond acceptors (Lipinski definition) is 2. The predicted molar refractivity (Wildman–Crippen MR) is 47.4 cm³/mol. The highest BCUT2D eigenvalue weighted by molar-refractivity contribution is 6.04. The Labute approximate surface area is 79.8 Å². The van der Waals surface area contributed by atoms with Crippen LogP contribution in [0.4, 0.5) is 8.78 Å².